The number of fused-ring (bicyclic) bond motifs is 2. The number of nitrogens with two attached hydrogens (primary N) is 1. The zero-order chi connectivity index (χ0) is 37.4. The summed E-state index contributed by atoms with van der Waals surface area (Å²) in [5.74, 6) is -5.94. The Morgan fingerprint density at radius 1 is 0.824 bits per heavy atom. The van der Waals surface area contributed by atoms with Crippen LogP contribution in [0.5, 0.6) is 5.75 Å². The molecule has 3 aliphatic rings. The summed E-state index contributed by atoms with van der Waals surface area (Å²) in [4.78, 5) is 109. The number of carbonyl (C=O) groups is 8. The highest BCUT2D eigenvalue weighted by atomic mass is 16.3. The molecule has 0 aromatic heterocycles. The molecule has 4 rings (SSSR count). The molecule has 3 heterocycles. The summed E-state index contributed by atoms with van der Waals surface area (Å²) in [5, 5.41) is 22.8. The topological polar surface area (TPSA) is 249 Å². The predicted molar refractivity (Wildman–Crippen MR) is 181 cm³/mol. The number of phenolic OH excluding ortho intramolecular Hbond substituents is 1. The fraction of sp³-hybridized carbons (Fsp3) is 0.588. The van der Waals surface area contributed by atoms with Crippen LogP contribution in [0.2, 0.25) is 0 Å². The van der Waals surface area contributed by atoms with Crippen molar-refractivity contribution in [1.29, 1.82) is 0 Å². The van der Waals surface area contributed by atoms with Crippen molar-refractivity contribution < 1.29 is 43.5 Å². The first-order chi connectivity index (χ1) is 24.2. The van der Waals surface area contributed by atoms with Gasteiger partial charge in [0.05, 0.1) is 13.0 Å². The monoisotopic (exact) mass is 712 g/mol. The fourth-order valence-electron chi connectivity index (χ4n) is 6.60. The molecular formula is C34H48N8O9. The molecule has 1 aromatic rings. The van der Waals surface area contributed by atoms with Crippen LogP contribution in [0.1, 0.15) is 64.9 Å². The molecule has 0 saturated carbocycles. The van der Waals surface area contributed by atoms with E-state index in [0.717, 1.165) is 0 Å². The van der Waals surface area contributed by atoms with Crippen molar-refractivity contribution in [2.45, 2.75) is 102 Å². The molecule has 17 heteroatoms. The maximum atomic E-state index is 14.0. The number of aromatic hydroxyl groups is 1. The third-order valence-corrected chi connectivity index (χ3v) is 9.68. The quantitative estimate of drug-likeness (QED) is 0.171. The zero-order valence-corrected chi connectivity index (χ0v) is 29.1. The van der Waals surface area contributed by atoms with E-state index in [1.807, 2.05) is 6.92 Å². The number of carbonyl (C=O) groups excluding carboxylic acids is 8. The first-order valence-electron chi connectivity index (χ1n) is 17.4. The maximum absolute atomic E-state index is 14.0. The Balaban J connectivity index is 1.69. The lowest BCUT2D eigenvalue weighted by molar-refractivity contribution is -0.143. The molecule has 3 aliphatic heterocycles. The molecule has 0 spiro atoms. The fourth-order valence-corrected chi connectivity index (χ4v) is 6.60. The van der Waals surface area contributed by atoms with E-state index < -0.39 is 96.5 Å². The Hall–Kier alpha value is -5.22. The van der Waals surface area contributed by atoms with E-state index in [2.05, 4.69) is 26.6 Å². The predicted octanol–water partition coefficient (Wildman–Crippen LogP) is -2.07. The maximum Gasteiger partial charge on any atom is 0.246 e. The Kier molecular flexibility index (Phi) is 13.0. The van der Waals surface area contributed by atoms with Crippen molar-refractivity contribution in [3.05, 3.63) is 29.8 Å². The van der Waals surface area contributed by atoms with Crippen LogP contribution in [0.15, 0.2) is 24.3 Å². The van der Waals surface area contributed by atoms with Gasteiger partial charge in [0.1, 0.15) is 42.0 Å². The molecule has 17 nitrogen and oxygen atoms in total. The summed E-state index contributed by atoms with van der Waals surface area (Å²) < 4.78 is 0. The molecule has 7 unspecified atom stereocenters. The van der Waals surface area contributed by atoms with Gasteiger partial charge < -0.3 is 47.2 Å². The Morgan fingerprint density at radius 3 is 2.02 bits per heavy atom. The summed E-state index contributed by atoms with van der Waals surface area (Å²) in [6, 6.07) is -0.949. The molecule has 1 aromatic carbocycles. The van der Waals surface area contributed by atoms with Crippen molar-refractivity contribution >= 4 is 47.3 Å². The van der Waals surface area contributed by atoms with Gasteiger partial charge in [0.25, 0.3) is 0 Å². The van der Waals surface area contributed by atoms with Crippen LogP contribution in [0, 0.1) is 5.92 Å². The molecule has 278 valence electrons. The van der Waals surface area contributed by atoms with Gasteiger partial charge in [-0.2, -0.15) is 0 Å². The molecule has 7 atom stereocenters. The molecule has 0 radical (unpaired) electrons. The summed E-state index contributed by atoms with van der Waals surface area (Å²) in [5.41, 5.74) is 5.98. The van der Waals surface area contributed by atoms with Crippen LogP contribution in [-0.2, 0) is 44.8 Å². The van der Waals surface area contributed by atoms with E-state index >= 15 is 0 Å². The number of phenols is 1. The summed E-state index contributed by atoms with van der Waals surface area (Å²) in [6.07, 6.45) is 1.38. The van der Waals surface area contributed by atoms with Gasteiger partial charge in [-0.25, -0.2) is 0 Å². The van der Waals surface area contributed by atoms with Crippen molar-refractivity contribution in [2.75, 3.05) is 19.6 Å². The molecule has 3 fully saturated rings. The van der Waals surface area contributed by atoms with Gasteiger partial charge in [-0.05, 0) is 56.2 Å². The minimum Gasteiger partial charge on any atom is -0.508 e. The SMILES string of the molecule is CCC(C)C1NC(=O)CNC(=O)C2CCCN2C(=O)C(CC(N)=O)NC(=O)C(C)NC(=O)C(Cc2ccc(O)cc2)NC(=O)C2CCCN2C1=O. The van der Waals surface area contributed by atoms with E-state index in [1.165, 1.54) is 28.9 Å². The van der Waals surface area contributed by atoms with E-state index in [4.69, 9.17) is 5.73 Å². The van der Waals surface area contributed by atoms with E-state index in [9.17, 15) is 43.5 Å². The van der Waals surface area contributed by atoms with Crippen LogP contribution >= 0.6 is 0 Å². The van der Waals surface area contributed by atoms with Gasteiger partial charge in [0.15, 0.2) is 0 Å². The van der Waals surface area contributed by atoms with Crippen molar-refractivity contribution in [3.63, 3.8) is 0 Å². The van der Waals surface area contributed by atoms with Crippen molar-refractivity contribution in [2.24, 2.45) is 11.7 Å². The normalized spacial score (nSPS) is 27.9. The van der Waals surface area contributed by atoms with Gasteiger partial charge in [-0.1, -0.05) is 32.4 Å². The Labute approximate surface area is 295 Å². The lowest BCUT2D eigenvalue weighted by Gasteiger charge is -2.32. The van der Waals surface area contributed by atoms with Crippen molar-refractivity contribution in [1.82, 2.24) is 36.4 Å². The summed E-state index contributed by atoms with van der Waals surface area (Å²) in [7, 11) is 0. The van der Waals surface area contributed by atoms with Crippen LogP contribution in [0.4, 0.5) is 0 Å². The highest BCUT2D eigenvalue weighted by Gasteiger charge is 2.42. The van der Waals surface area contributed by atoms with Crippen LogP contribution in [0.3, 0.4) is 0 Å². The largest absolute Gasteiger partial charge is 0.508 e. The van der Waals surface area contributed by atoms with Gasteiger partial charge in [0.2, 0.25) is 47.3 Å². The average Bonchev–Trinajstić information content (AvgIpc) is 3.79. The standard InChI is InChI=1S/C34H48N8O9/c1-4-18(2)28-34(51)42-14-6-8-25(42)32(49)38-22(15-20-9-11-21(43)12-10-20)30(47)37-19(3)29(46)39-23(16-26(35)44)33(50)41-13-5-7-24(41)31(48)36-17-27(45)40-28/h9-12,18-19,22-25,28,43H,4-8,13-17H2,1-3H3,(H2,35,44)(H,36,48)(H,37,47)(H,38,49)(H,39,46)(H,40,45). The highest BCUT2D eigenvalue weighted by molar-refractivity contribution is 5.99. The zero-order valence-electron chi connectivity index (χ0n) is 29.1. The third-order valence-electron chi connectivity index (χ3n) is 9.68. The molecular weight excluding hydrogens is 664 g/mol. The van der Waals surface area contributed by atoms with Crippen LogP contribution in [0.25, 0.3) is 0 Å². The molecule has 8 N–H and O–H groups in total. The number of hydrogen-bond donors (Lipinski definition) is 7. The number of amides is 8. The second-order valence-electron chi connectivity index (χ2n) is 13.4. The van der Waals surface area contributed by atoms with E-state index in [-0.39, 0.29) is 37.6 Å². The molecule has 8 amide bonds. The molecule has 0 aliphatic carbocycles. The van der Waals surface area contributed by atoms with E-state index in [0.29, 0.717) is 31.2 Å². The second kappa shape index (κ2) is 17.1. The third kappa shape index (κ3) is 9.73. The van der Waals surface area contributed by atoms with Crippen LogP contribution < -0.4 is 32.3 Å². The minimum atomic E-state index is -1.46. The number of rotatable bonds is 6. The van der Waals surface area contributed by atoms with Gasteiger partial charge in [0, 0.05) is 19.5 Å². The second-order valence-corrected chi connectivity index (χ2v) is 13.4. The number of primary amides is 1. The highest BCUT2D eigenvalue weighted by Crippen LogP contribution is 2.23. The molecule has 51 heavy (non-hydrogen) atoms. The number of nitrogens with zero attached hydrogens (tertiary/aromatic N) is 2. The first-order valence-corrected chi connectivity index (χ1v) is 17.4. The summed E-state index contributed by atoms with van der Waals surface area (Å²) in [6.45, 7) is 4.88. The van der Waals surface area contributed by atoms with E-state index in [1.54, 1.807) is 19.1 Å². The number of benzene rings is 1. The lowest BCUT2D eigenvalue weighted by atomic mass is 9.97. The average molecular weight is 713 g/mol. The van der Waals surface area contributed by atoms with Gasteiger partial charge in [-0.3, -0.25) is 38.4 Å². The molecule has 0 bridgehead atoms. The Morgan fingerprint density at radius 2 is 1.41 bits per heavy atom. The van der Waals surface area contributed by atoms with Gasteiger partial charge in [-0.15, -0.1) is 0 Å². The number of nitrogens with one attached hydrogen (secondary N) is 5. The Bertz CT molecular complexity index is 1520. The summed E-state index contributed by atoms with van der Waals surface area (Å²) >= 11 is 0. The smallest absolute Gasteiger partial charge is 0.246 e. The molecule has 3 saturated heterocycles. The number of hydrogen-bond acceptors (Lipinski definition) is 9. The van der Waals surface area contributed by atoms with Crippen LogP contribution in [-0.4, -0.2) is 118 Å². The van der Waals surface area contributed by atoms with Crippen molar-refractivity contribution in [3.8, 4) is 5.75 Å². The minimum absolute atomic E-state index is 0.00651. The van der Waals surface area contributed by atoms with Gasteiger partial charge >= 0.3 is 0 Å². The first kappa shape index (κ1) is 38.6. The lowest BCUT2D eigenvalue weighted by Crippen LogP contribution is -2.59.